The molecule has 1 unspecified atom stereocenters. The molecule has 214 valence electrons. The number of carbonyl (C=O) groups is 1. The van der Waals surface area contributed by atoms with Gasteiger partial charge in [-0.1, -0.05) is 82.5 Å². The zero-order chi connectivity index (χ0) is 28.4. The number of amides is 1. The summed E-state index contributed by atoms with van der Waals surface area (Å²) < 4.78 is 25.3. The van der Waals surface area contributed by atoms with Crippen LogP contribution in [0.3, 0.4) is 0 Å². The van der Waals surface area contributed by atoms with Gasteiger partial charge in [-0.25, -0.2) is 8.42 Å². The van der Waals surface area contributed by atoms with Crippen molar-refractivity contribution in [2.45, 2.75) is 102 Å². The molecule has 0 N–H and O–H groups in total. The van der Waals surface area contributed by atoms with Gasteiger partial charge in [0.15, 0.2) is 9.84 Å². The summed E-state index contributed by atoms with van der Waals surface area (Å²) in [6.07, 6.45) is 6.86. The van der Waals surface area contributed by atoms with E-state index in [0.29, 0.717) is 29.7 Å². The van der Waals surface area contributed by atoms with Gasteiger partial charge < -0.3 is 4.90 Å². The predicted octanol–water partition coefficient (Wildman–Crippen LogP) is 6.88. The van der Waals surface area contributed by atoms with Gasteiger partial charge in [-0.05, 0) is 68.2 Å². The summed E-state index contributed by atoms with van der Waals surface area (Å²) in [5.41, 5.74) is 2.19. The van der Waals surface area contributed by atoms with Crippen LogP contribution in [0.2, 0.25) is 0 Å². The molecular weight excluding hydrogens is 504 g/mol. The third-order valence-electron chi connectivity index (χ3n) is 8.71. The molecule has 2 aromatic carbocycles. The summed E-state index contributed by atoms with van der Waals surface area (Å²) in [4.78, 5) is 18.6. The van der Waals surface area contributed by atoms with Gasteiger partial charge in [0.1, 0.15) is 0 Å². The van der Waals surface area contributed by atoms with Gasteiger partial charge in [-0.2, -0.15) is 0 Å². The number of hydrogen-bond acceptors (Lipinski definition) is 4. The van der Waals surface area contributed by atoms with E-state index in [1.165, 1.54) is 37.7 Å². The second-order valence-corrected chi connectivity index (χ2v) is 16.4. The maximum atomic E-state index is 13.6. The standard InChI is InChI=1S/C33H48N2O3S/c1-32(2,3)29-24-34(21-22-35(29)30(36)23-25-13-9-7-10-14-25)31(26-15-11-8-12-16-26)27-17-19-28(20-18-27)39(37,38)33(4,5)6/h8,11-12,15-20,25,29,31H,7,9-10,13-14,21-24H2,1-6H3/t29-,31?/m1/s1. The van der Waals surface area contributed by atoms with Crippen molar-refractivity contribution in [2.24, 2.45) is 11.3 Å². The first-order chi connectivity index (χ1) is 18.3. The van der Waals surface area contributed by atoms with Crippen LogP contribution in [0.25, 0.3) is 0 Å². The molecule has 4 rings (SSSR count). The monoisotopic (exact) mass is 552 g/mol. The molecule has 2 aromatic rings. The number of carbonyl (C=O) groups excluding carboxylic acids is 1. The maximum absolute atomic E-state index is 13.6. The summed E-state index contributed by atoms with van der Waals surface area (Å²) in [5, 5.41) is 0. The molecule has 0 radical (unpaired) electrons. The van der Waals surface area contributed by atoms with Crippen LogP contribution in [0, 0.1) is 11.3 Å². The maximum Gasteiger partial charge on any atom is 0.223 e. The molecule has 1 saturated carbocycles. The second kappa shape index (κ2) is 11.7. The number of rotatable bonds is 6. The number of nitrogens with zero attached hydrogens (tertiary/aromatic N) is 2. The van der Waals surface area contributed by atoms with Crippen LogP contribution < -0.4 is 0 Å². The Morgan fingerprint density at radius 1 is 0.846 bits per heavy atom. The number of hydrogen-bond donors (Lipinski definition) is 0. The number of sulfone groups is 1. The lowest BCUT2D eigenvalue weighted by atomic mass is 9.82. The minimum Gasteiger partial charge on any atom is -0.337 e. The van der Waals surface area contributed by atoms with Crippen molar-refractivity contribution in [2.75, 3.05) is 19.6 Å². The van der Waals surface area contributed by atoms with Gasteiger partial charge >= 0.3 is 0 Å². The summed E-state index contributed by atoms with van der Waals surface area (Å²) in [6, 6.07) is 18.0. The molecule has 1 heterocycles. The number of benzene rings is 2. The highest BCUT2D eigenvalue weighted by Gasteiger charge is 2.41. The lowest BCUT2D eigenvalue weighted by Crippen LogP contribution is -2.60. The average Bonchev–Trinajstić information content (AvgIpc) is 2.89. The van der Waals surface area contributed by atoms with E-state index in [9.17, 15) is 13.2 Å². The van der Waals surface area contributed by atoms with Crippen LogP contribution in [0.4, 0.5) is 0 Å². The van der Waals surface area contributed by atoms with Crippen LogP contribution in [0.15, 0.2) is 59.5 Å². The molecule has 1 saturated heterocycles. The first kappa shape index (κ1) is 29.8. The van der Waals surface area contributed by atoms with E-state index in [1.807, 2.05) is 18.2 Å². The topological polar surface area (TPSA) is 57.7 Å². The van der Waals surface area contributed by atoms with E-state index in [4.69, 9.17) is 0 Å². The molecule has 2 fully saturated rings. The minimum atomic E-state index is -3.42. The fourth-order valence-corrected chi connectivity index (χ4v) is 7.47. The highest BCUT2D eigenvalue weighted by molar-refractivity contribution is 7.92. The predicted molar refractivity (Wildman–Crippen MR) is 159 cm³/mol. The normalized spacial score (nSPS) is 21.1. The van der Waals surface area contributed by atoms with Gasteiger partial charge in [0.05, 0.1) is 15.7 Å². The Morgan fingerprint density at radius 3 is 2.00 bits per heavy atom. The van der Waals surface area contributed by atoms with E-state index in [2.05, 4.69) is 54.8 Å². The molecule has 39 heavy (non-hydrogen) atoms. The van der Waals surface area contributed by atoms with E-state index >= 15 is 0 Å². The Bertz CT molecular complexity index is 1200. The minimum absolute atomic E-state index is 0.0157. The molecule has 0 spiro atoms. The Labute approximate surface area is 236 Å². The van der Waals surface area contributed by atoms with Gasteiger partial charge in [-0.3, -0.25) is 9.69 Å². The van der Waals surface area contributed by atoms with Crippen molar-refractivity contribution < 1.29 is 13.2 Å². The smallest absolute Gasteiger partial charge is 0.223 e. The summed E-state index contributed by atoms with van der Waals surface area (Å²) >= 11 is 0. The zero-order valence-corrected chi connectivity index (χ0v) is 25.6. The van der Waals surface area contributed by atoms with Crippen molar-refractivity contribution in [3.05, 3.63) is 65.7 Å². The molecular formula is C33H48N2O3S. The molecule has 0 bridgehead atoms. The molecule has 0 aromatic heterocycles. The molecule has 6 heteroatoms. The lowest BCUT2D eigenvalue weighted by molar-refractivity contribution is -0.141. The number of piperazine rings is 1. The van der Waals surface area contributed by atoms with Crippen molar-refractivity contribution in [1.29, 1.82) is 0 Å². The molecule has 2 aliphatic rings. The first-order valence-electron chi connectivity index (χ1n) is 14.7. The van der Waals surface area contributed by atoms with E-state index in [1.54, 1.807) is 32.9 Å². The molecule has 1 amide bonds. The first-order valence-corrected chi connectivity index (χ1v) is 16.2. The van der Waals surface area contributed by atoms with Crippen LogP contribution >= 0.6 is 0 Å². The second-order valence-electron chi connectivity index (χ2n) is 13.7. The summed E-state index contributed by atoms with van der Waals surface area (Å²) in [6.45, 7) is 14.2. The average molecular weight is 553 g/mol. The highest BCUT2D eigenvalue weighted by Crippen LogP contribution is 2.37. The fourth-order valence-electron chi connectivity index (χ4n) is 6.27. The van der Waals surface area contributed by atoms with Crippen LogP contribution in [-0.4, -0.2) is 54.5 Å². The van der Waals surface area contributed by atoms with Gasteiger partial charge in [-0.15, -0.1) is 0 Å². The van der Waals surface area contributed by atoms with Crippen molar-refractivity contribution in [1.82, 2.24) is 9.80 Å². The molecule has 1 aliphatic carbocycles. The Balaban J connectivity index is 1.62. The molecule has 1 aliphatic heterocycles. The van der Waals surface area contributed by atoms with Crippen molar-refractivity contribution in [3.63, 3.8) is 0 Å². The molecule has 5 nitrogen and oxygen atoms in total. The third kappa shape index (κ3) is 6.77. The van der Waals surface area contributed by atoms with Gasteiger partial charge in [0.2, 0.25) is 5.91 Å². The van der Waals surface area contributed by atoms with E-state index in [-0.39, 0.29) is 17.5 Å². The van der Waals surface area contributed by atoms with Crippen molar-refractivity contribution in [3.8, 4) is 0 Å². The Kier molecular flexibility index (Phi) is 8.97. The highest BCUT2D eigenvalue weighted by atomic mass is 32.2. The van der Waals surface area contributed by atoms with Gasteiger partial charge in [0, 0.05) is 32.1 Å². The fraction of sp³-hybridized carbons (Fsp3) is 0.606. The van der Waals surface area contributed by atoms with Gasteiger partial charge in [0.25, 0.3) is 0 Å². The van der Waals surface area contributed by atoms with Crippen LogP contribution in [0.5, 0.6) is 0 Å². The SMILES string of the molecule is CC(C)(C)[C@H]1CN(C(c2ccccc2)c2ccc(S(=O)(=O)C(C)(C)C)cc2)CCN1C(=O)CC1CCCCC1. The van der Waals surface area contributed by atoms with Crippen molar-refractivity contribution >= 4 is 15.7 Å². The Hall–Kier alpha value is -2.18. The summed E-state index contributed by atoms with van der Waals surface area (Å²) in [5.74, 6) is 0.847. The van der Waals surface area contributed by atoms with Crippen LogP contribution in [-0.2, 0) is 14.6 Å². The summed E-state index contributed by atoms with van der Waals surface area (Å²) in [7, 11) is -3.42. The zero-order valence-electron chi connectivity index (χ0n) is 24.8. The third-order valence-corrected chi connectivity index (χ3v) is 11.2. The quantitative estimate of drug-likeness (QED) is 0.392. The molecule has 2 atom stereocenters. The van der Waals surface area contributed by atoms with E-state index < -0.39 is 14.6 Å². The largest absolute Gasteiger partial charge is 0.337 e. The lowest BCUT2D eigenvalue weighted by Gasteiger charge is -2.49. The van der Waals surface area contributed by atoms with E-state index in [0.717, 1.165) is 18.7 Å². The van der Waals surface area contributed by atoms with Crippen LogP contribution in [0.1, 0.15) is 97.2 Å². The Morgan fingerprint density at radius 2 is 1.44 bits per heavy atom.